The van der Waals surface area contributed by atoms with Gasteiger partial charge < -0.3 is 10.5 Å². The van der Waals surface area contributed by atoms with Crippen molar-refractivity contribution < 1.29 is 4.74 Å². The van der Waals surface area contributed by atoms with Crippen LogP contribution in [0.4, 0.5) is 0 Å². The van der Waals surface area contributed by atoms with E-state index in [2.05, 4.69) is 28.9 Å². The van der Waals surface area contributed by atoms with Crippen molar-refractivity contribution >= 4 is 15.9 Å². The summed E-state index contributed by atoms with van der Waals surface area (Å²) in [6, 6.07) is 6.22. The second kappa shape index (κ2) is 10.2. The van der Waals surface area contributed by atoms with Gasteiger partial charge in [-0.2, -0.15) is 0 Å². The van der Waals surface area contributed by atoms with Crippen molar-refractivity contribution in [3.63, 3.8) is 0 Å². The zero-order chi connectivity index (χ0) is 14.8. The first-order chi connectivity index (χ1) is 9.69. The van der Waals surface area contributed by atoms with Crippen molar-refractivity contribution in [3.05, 3.63) is 28.2 Å². The molecule has 0 spiro atoms. The summed E-state index contributed by atoms with van der Waals surface area (Å²) in [6.45, 7) is 4.93. The van der Waals surface area contributed by atoms with Gasteiger partial charge in [0.2, 0.25) is 0 Å². The summed E-state index contributed by atoms with van der Waals surface area (Å²) in [6.07, 6.45) is 8.92. The average Bonchev–Trinajstić information content (AvgIpc) is 2.43. The first kappa shape index (κ1) is 17.5. The Hall–Kier alpha value is -0.540. The predicted molar refractivity (Wildman–Crippen MR) is 90.2 cm³/mol. The lowest BCUT2D eigenvalue weighted by Crippen LogP contribution is -2.11. The van der Waals surface area contributed by atoms with Crippen LogP contribution < -0.4 is 10.5 Å². The highest BCUT2D eigenvalue weighted by atomic mass is 79.9. The Morgan fingerprint density at radius 2 is 1.80 bits per heavy atom. The molecule has 2 nitrogen and oxygen atoms in total. The van der Waals surface area contributed by atoms with E-state index in [0.29, 0.717) is 6.61 Å². The number of ether oxygens (including phenoxy) is 1. The van der Waals surface area contributed by atoms with Crippen molar-refractivity contribution in [2.24, 2.45) is 5.73 Å². The molecule has 3 heteroatoms. The summed E-state index contributed by atoms with van der Waals surface area (Å²) < 4.78 is 6.54. The molecule has 0 saturated heterocycles. The number of hydrogen-bond donors (Lipinski definition) is 1. The van der Waals surface area contributed by atoms with Gasteiger partial charge in [0, 0.05) is 10.5 Å². The molecule has 1 unspecified atom stereocenters. The van der Waals surface area contributed by atoms with Crippen LogP contribution in [0.3, 0.4) is 0 Å². The Kier molecular flexibility index (Phi) is 8.95. The zero-order valence-electron chi connectivity index (χ0n) is 12.8. The van der Waals surface area contributed by atoms with E-state index in [0.717, 1.165) is 16.6 Å². The van der Waals surface area contributed by atoms with Crippen LogP contribution in [-0.2, 0) is 0 Å². The first-order valence-corrected chi connectivity index (χ1v) is 8.66. The molecule has 0 radical (unpaired) electrons. The maximum absolute atomic E-state index is 6.29. The number of nitrogens with two attached hydrogens (primary N) is 1. The first-order valence-electron chi connectivity index (χ1n) is 7.86. The van der Waals surface area contributed by atoms with Crippen LogP contribution in [0.2, 0.25) is 0 Å². The Labute approximate surface area is 132 Å². The maximum Gasteiger partial charge on any atom is 0.120 e. The second-order valence-corrected chi connectivity index (χ2v) is 6.13. The molecule has 0 bridgehead atoms. The molecule has 0 aliphatic heterocycles. The van der Waals surface area contributed by atoms with Gasteiger partial charge in [0.1, 0.15) is 5.75 Å². The third-order valence-corrected chi connectivity index (χ3v) is 4.24. The minimum absolute atomic E-state index is 0.117. The normalized spacial score (nSPS) is 12.4. The fourth-order valence-electron chi connectivity index (χ4n) is 2.37. The molecule has 1 rings (SSSR count). The van der Waals surface area contributed by atoms with Crippen LogP contribution in [0.1, 0.15) is 70.4 Å². The van der Waals surface area contributed by atoms with Crippen LogP contribution in [0.5, 0.6) is 5.75 Å². The number of benzene rings is 1. The molecule has 0 aromatic heterocycles. The summed E-state index contributed by atoms with van der Waals surface area (Å²) in [4.78, 5) is 0. The third-order valence-electron chi connectivity index (χ3n) is 3.55. The Morgan fingerprint density at radius 3 is 2.45 bits per heavy atom. The van der Waals surface area contributed by atoms with E-state index < -0.39 is 0 Å². The minimum atomic E-state index is 0.117. The van der Waals surface area contributed by atoms with E-state index in [9.17, 15) is 0 Å². The van der Waals surface area contributed by atoms with Gasteiger partial charge in [0.25, 0.3) is 0 Å². The maximum atomic E-state index is 6.29. The SMILES string of the molecule is CCCCCCCCC(N)c1ccc(OCC)cc1Br. The van der Waals surface area contributed by atoms with E-state index >= 15 is 0 Å². The second-order valence-electron chi connectivity index (χ2n) is 5.28. The van der Waals surface area contributed by atoms with E-state index in [-0.39, 0.29) is 6.04 Å². The predicted octanol–water partition coefficient (Wildman–Crippen LogP) is 5.60. The van der Waals surface area contributed by atoms with Gasteiger partial charge in [-0.25, -0.2) is 0 Å². The molecular formula is C17H28BrNO. The molecule has 1 aromatic carbocycles. The number of halogens is 1. The largest absolute Gasteiger partial charge is 0.494 e. The average molecular weight is 342 g/mol. The van der Waals surface area contributed by atoms with Crippen LogP contribution in [-0.4, -0.2) is 6.61 Å². The lowest BCUT2D eigenvalue weighted by molar-refractivity contribution is 0.340. The Morgan fingerprint density at radius 1 is 1.10 bits per heavy atom. The highest BCUT2D eigenvalue weighted by Gasteiger charge is 2.10. The highest BCUT2D eigenvalue weighted by molar-refractivity contribution is 9.10. The Balaban J connectivity index is 2.37. The quantitative estimate of drug-likeness (QED) is 0.562. The van der Waals surface area contributed by atoms with Gasteiger partial charge in [-0.3, -0.25) is 0 Å². The summed E-state index contributed by atoms with van der Waals surface area (Å²) in [5.41, 5.74) is 7.47. The molecule has 0 fully saturated rings. The van der Waals surface area contributed by atoms with Crippen molar-refractivity contribution in [1.29, 1.82) is 0 Å². The topological polar surface area (TPSA) is 35.2 Å². The summed E-state index contributed by atoms with van der Waals surface area (Å²) in [7, 11) is 0. The van der Waals surface area contributed by atoms with E-state index in [1.165, 1.54) is 44.1 Å². The van der Waals surface area contributed by atoms with Crippen molar-refractivity contribution in [2.45, 2.75) is 64.8 Å². The molecule has 20 heavy (non-hydrogen) atoms. The lowest BCUT2D eigenvalue weighted by atomic mass is 10.0. The smallest absolute Gasteiger partial charge is 0.120 e. The van der Waals surface area contributed by atoms with Gasteiger partial charge in [-0.1, -0.05) is 67.4 Å². The molecule has 0 amide bonds. The molecular weight excluding hydrogens is 314 g/mol. The summed E-state index contributed by atoms with van der Waals surface area (Å²) >= 11 is 3.60. The van der Waals surface area contributed by atoms with Gasteiger partial charge in [0.05, 0.1) is 6.61 Å². The molecule has 0 aliphatic carbocycles. The number of rotatable bonds is 10. The molecule has 1 aromatic rings. The van der Waals surface area contributed by atoms with Gasteiger partial charge in [-0.05, 0) is 31.0 Å². The summed E-state index contributed by atoms with van der Waals surface area (Å²) in [5, 5.41) is 0. The molecule has 0 heterocycles. The highest BCUT2D eigenvalue weighted by Crippen LogP contribution is 2.29. The monoisotopic (exact) mass is 341 g/mol. The molecule has 0 aliphatic rings. The van der Waals surface area contributed by atoms with Gasteiger partial charge >= 0.3 is 0 Å². The summed E-state index contributed by atoms with van der Waals surface area (Å²) in [5.74, 6) is 0.898. The van der Waals surface area contributed by atoms with Crippen LogP contribution in [0, 0.1) is 0 Å². The molecule has 2 N–H and O–H groups in total. The molecule has 1 atom stereocenters. The van der Waals surface area contributed by atoms with Gasteiger partial charge in [-0.15, -0.1) is 0 Å². The molecule has 114 valence electrons. The van der Waals surface area contributed by atoms with E-state index in [1.807, 2.05) is 19.1 Å². The Bertz CT molecular complexity index is 381. The zero-order valence-corrected chi connectivity index (χ0v) is 14.4. The van der Waals surface area contributed by atoms with Crippen LogP contribution >= 0.6 is 15.9 Å². The van der Waals surface area contributed by atoms with Crippen LogP contribution in [0.25, 0.3) is 0 Å². The molecule has 0 saturated carbocycles. The number of unbranched alkanes of at least 4 members (excludes halogenated alkanes) is 5. The van der Waals surface area contributed by atoms with Crippen molar-refractivity contribution in [2.75, 3.05) is 6.61 Å². The lowest BCUT2D eigenvalue weighted by Gasteiger charge is -2.15. The van der Waals surface area contributed by atoms with Gasteiger partial charge in [0.15, 0.2) is 0 Å². The van der Waals surface area contributed by atoms with E-state index in [1.54, 1.807) is 0 Å². The fourth-order valence-corrected chi connectivity index (χ4v) is 3.02. The number of hydrogen-bond acceptors (Lipinski definition) is 2. The fraction of sp³-hybridized carbons (Fsp3) is 0.647. The minimum Gasteiger partial charge on any atom is -0.494 e. The standard InChI is InChI=1S/C17H28BrNO/c1-3-5-6-7-8-9-10-17(19)15-12-11-14(20-4-2)13-16(15)18/h11-13,17H,3-10,19H2,1-2H3. The van der Waals surface area contributed by atoms with Crippen molar-refractivity contribution in [1.82, 2.24) is 0 Å². The van der Waals surface area contributed by atoms with E-state index in [4.69, 9.17) is 10.5 Å². The van der Waals surface area contributed by atoms with Crippen LogP contribution in [0.15, 0.2) is 22.7 Å². The van der Waals surface area contributed by atoms with Crippen molar-refractivity contribution in [3.8, 4) is 5.75 Å². The third kappa shape index (κ3) is 6.27.